The minimum atomic E-state index is -0.747. The lowest BCUT2D eigenvalue weighted by Crippen LogP contribution is -2.52. The van der Waals surface area contributed by atoms with Crippen LogP contribution in [0.25, 0.3) is 0 Å². The van der Waals surface area contributed by atoms with Crippen molar-refractivity contribution in [2.75, 3.05) is 6.54 Å². The summed E-state index contributed by atoms with van der Waals surface area (Å²) in [6, 6.07) is 14.9. The van der Waals surface area contributed by atoms with Crippen LogP contribution >= 0.6 is 11.6 Å². The van der Waals surface area contributed by atoms with Crippen molar-refractivity contribution < 1.29 is 33.1 Å². The average molecular weight is 547 g/mol. The zero-order valence-electron chi connectivity index (χ0n) is 20.8. The van der Waals surface area contributed by atoms with E-state index in [1.165, 1.54) is 48.7 Å². The quantitative estimate of drug-likeness (QED) is 0.138. The highest BCUT2D eigenvalue weighted by atomic mass is 35.5. The average Bonchev–Trinajstić information content (AvgIpc) is 3.55. The van der Waals surface area contributed by atoms with E-state index in [0.29, 0.717) is 12.8 Å². The lowest BCUT2D eigenvalue weighted by atomic mass is 9.82. The van der Waals surface area contributed by atoms with Crippen LogP contribution in [0.4, 0.5) is 0 Å². The summed E-state index contributed by atoms with van der Waals surface area (Å²) in [5.41, 5.74) is 1.22. The summed E-state index contributed by atoms with van der Waals surface area (Å²) in [4.78, 5) is 65.8. The number of imide groups is 1. The monoisotopic (exact) mass is 546 g/mol. The second-order valence-corrected chi connectivity index (χ2v) is 9.76. The number of carbonyl (C=O) groups excluding carboxylic acids is 5. The Morgan fingerprint density at radius 1 is 1.00 bits per heavy atom. The number of esters is 1. The van der Waals surface area contributed by atoms with Gasteiger partial charge in [-0.15, -0.1) is 0 Å². The number of nitrogens with zero attached hydrogens (tertiary/aromatic N) is 2. The molecule has 1 saturated heterocycles. The van der Waals surface area contributed by atoms with E-state index in [2.05, 4.69) is 0 Å². The molecule has 39 heavy (non-hydrogen) atoms. The van der Waals surface area contributed by atoms with Crippen molar-refractivity contribution in [3.8, 4) is 5.75 Å². The molecule has 0 saturated carbocycles. The molecule has 2 aromatic carbocycles. The number of Topliss-reactive ketones (excluding diaryl/α,β-unsaturated/α-hetero) is 1. The smallest absolute Gasteiger partial charge is 0.379 e. The molecule has 1 aromatic heterocycles. The standard InChI is InChI=1S/C29H23ClN2O7/c1-17-8-13-20-22(15-17)28(36)32(27(20)35)31(26(34)21-5-2-3-6-23(21)30)16-24(33)18-9-11-19(12-10-18)39-29(37)25-7-4-14-38-25/h2-12,14,20,22H,13,15-16H2,1H3/t20-,22-/m0/s1. The van der Waals surface area contributed by atoms with Gasteiger partial charge in [-0.05, 0) is 68.3 Å². The molecule has 2 aliphatic rings. The number of hydrazine groups is 1. The summed E-state index contributed by atoms with van der Waals surface area (Å²) in [6.07, 6.45) is 4.06. The maximum atomic E-state index is 13.6. The van der Waals surface area contributed by atoms with Gasteiger partial charge in [0.2, 0.25) is 5.76 Å². The number of rotatable bonds is 7. The first-order valence-corrected chi connectivity index (χ1v) is 12.6. The Kier molecular flexibility index (Phi) is 7.17. The number of hydrogen-bond acceptors (Lipinski definition) is 7. The van der Waals surface area contributed by atoms with Gasteiger partial charge in [0.05, 0.1) is 28.7 Å². The lowest BCUT2D eigenvalue weighted by Gasteiger charge is -2.30. The number of carbonyl (C=O) groups is 5. The second-order valence-electron chi connectivity index (χ2n) is 9.35. The molecule has 0 unspecified atom stereocenters. The van der Waals surface area contributed by atoms with Gasteiger partial charge >= 0.3 is 5.97 Å². The van der Waals surface area contributed by atoms with Crippen molar-refractivity contribution in [2.45, 2.75) is 19.8 Å². The van der Waals surface area contributed by atoms with E-state index in [4.69, 9.17) is 20.8 Å². The zero-order valence-corrected chi connectivity index (χ0v) is 21.6. The molecule has 198 valence electrons. The van der Waals surface area contributed by atoms with Gasteiger partial charge in [-0.3, -0.25) is 19.2 Å². The number of amides is 3. The fourth-order valence-corrected chi connectivity index (χ4v) is 4.97. The highest BCUT2D eigenvalue weighted by Crippen LogP contribution is 2.39. The maximum absolute atomic E-state index is 13.6. The Morgan fingerprint density at radius 2 is 1.72 bits per heavy atom. The zero-order chi connectivity index (χ0) is 27.7. The molecule has 9 nitrogen and oxygen atoms in total. The highest BCUT2D eigenvalue weighted by Gasteiger charge is 2.51. The molecule has 3 aromatic rings. The van der Waals surface area contributed by atoms with E-state index >= 15 is 0 Å². The van der Waals surface area contributed by atoms with E-state index in [9.17, 15) is 24.0 Å². The van der Waals surface area contributed by atoms with E-state index in [-0.39, 0.29) is 27.7 Å². The number of ketones is 1. The third kappa shape index (κ3) is 5.13. The SMILES string of the molecule is CC1=CC[C@@H]2C(=O)N(N(CC(=O)c3ccc(OC(=O)c4ccco4)cc3)C(=O)c3ccccc3Cl)C(=O)[C@H]2C1. The summed E-state index contributed by atoms with van der Waals surface area (Å²) in [5, 5.41) is 1.81. The molecule has 2 heterocycles. The van der Waals surface area contributed by atoms with Gasteiger partial charge in [0, 0.05) is 5.56 Å². The van der Waals surface area contributed by atoms with Gasteiger partial charge in [0.15, 0.2) is 5.78 Å². The third-order valence-electron chi connectivity index (χ3n) is 6.78. The first-order valence-electron chi connectivity index (χ1n) is 12.2. The van der Waals surface area contributed by atoms with Gasteiger partial charge in [-0.2, -0.15) is 5.01 Å². The molecule has 3 amide bonds. The van der Waals surface area contributed by atoms with Crippen LogP contribution in [0.3, 0.4) is 0 Å². The predicted molar refractivity (Wildman–Crippen MR) is 139 cm³/mol. The Morgan fingerprint density at radius 3 is 2.41 bits per heavy atom. The molecule has 10 heteroatoms. The van der Waals surface area contributed by atoms with Crippen LogP contribution in [0.1, 0.15) is 51.0 Å². The van der Waals surface area contributed by atoms with Crippen LogP contribution in [0.15, 0.2) is 83.0 Å². The molecular formula is C29H23ClN2O7. The first-order chi connectivity index (χ1) is 18.7. The van der Waals surface area contributed by atoms with E-state index in [0.717, 1.165) is 15.6 Å². The fourth-order valence-electron chi connectivity index (χ4n) is 4.75. The minimum Gasteiger partial charge on any atom is -0.457 e. The van der Waals surface area contributed by atoms with Crippen molar-refractivity contribution in [3.05, 3.63) is 100 Å². The van der Waals surface area contributed by atoms with Gasteiger partial charge in [0.1, 0.15) is 12.3 Å². The topological polar surface area (TPSA) is 114 Å². The molecule has 0 N–H and O–H groups in total. The Hall–Kier alpha value is -4.50. The molecule has 1 aliphatic heterocycles. The Balaban J connectivity index is 1.40. The number of hydrogen-bond donors (Lipinski definition) is 0. The van der Waals surface area contributed by atoms with Crippen LogP contribution in [-0.4, -0.2) is 46.0 Å². The summed E-state index contributed by atoms with van der Waals surface area (Å²) in [5.74, 6) is -4.03. The fraction of sp³-hybridized carbons (Fsp3) is 0.207. The summed E-state index contributed by atoms with van der Waals surface area (Å²) in [6.45, 7) is 1.31. The van der Waals surface area contributed by atoms with Crippen molar-refractivity contribution in [1.29, 1.82) is 0 Å². The first kappa shape index (κ1) is 26.1. The van der Waals surface area contributed by atoms with Crippen LogP contribution < -0.4 is 4.74 Å². The van der Waals surface area contributed by atoms with Crippen molar-refractivity contribution in [2.24, 2.45) is 11.8 Å². The van der Waals surface area contributed by atoms with Crippen molar-refractivity contribution in [3.63, 3.8) is 0 Å². The molecule has 0 radical (unpaired) electrons. The van der Waals surface area contributed by atoms with Gasteiger partial charge in [0.25, 0.3) is 17.7 Å². The minimum absolute atomic E-state index is 0.0230. The number of benzene rings is 2. The lowest BCUT2D eigenvalue weighted by molar-refractivity contribution is -0.154. The van der Waals surface area contributed by atoms with Crippen molar-refractivity contribution >= 4 is 41.1 Å². The van der Waals surface area contributed by atoms with E-state index < -0.39 is 47.9 Å². The second kappa shape index (κ2) is 10.7. The summed E-state index contributed by atoms with van der Waals surface area (Å²) >= 11 is 6.26. The molecule has 0 spiro atoms. The normalized spacial score (nSPS) is 18.4. The van der Waals surface area contributed by atoms with Gasteiger partial charge in [-0.25, -0.2) is 9.80 Å². The van der Waals surface area contributed by atoms with Gasteiger partial charge < -0.3 is 9.15 Å². The number of halogens is 1. The number of fused-ring (bicyclic) bond motifs is 1. The Bertz CT molecular complexity index is 1490. The molecule has 0 bridgehead atoms. The van der Waals surface area contributed by atoms with E-state index in [1.54, 1.807) is 18.2 Å². The molecular weight excluding hydrogens is 524 g/mol. The molecule has 5 rings (SSSR count). The number of furan rings is 1. The van der Waals surface area contributed by atoms with Crippen LogP contribution in [0.2, 0.25) is 5.02 Å². The summed E-state index contributed by atoms with van der Waals surface area (Å²) < 4.78 is 10.2. The maximum Gasteiger partial charge on any atom is 0.379 e. The van der Waals surface area contributed by atoms with Crippen LogP contribution in [-0.2, 0) is 9.59 Å². The molecule has 2 atom stereocenters. The van der Waals surface area contributed by atoms with Crippen molar-refractivity contribution in [1.82, 2.24) is 10.0 Å². The van der Waals surface area contributed by atoms with E-state index in [1.807, 2.05) is 13.0 Å². The predicted octanol–water partition coefficient (Wildman–Crippen LogP) is 4.73. The highest BCUT2D eigenvalue weighted by molar-refractivity contribution is 6.34. The Labute approximate surface area is 228 Å². The molecule has 1 aliphatic carbocycles. The van der Waals surface area contributed by atoms with Crippen LogP contribution in [0, 0.1) is 11.8 Å². The third-order valence-corrected chi connectivity index (χ3v) is 7.11. The summed E-state index contributed by atoms with van der Waals surface area (Å²) in [7, 11) is 0. The number of allylic oxidation sites excluding steroid dienone is 2. The number of ether oxygens (including phenoxy) is 1. The van der Waals surface area contributed by atoms with Gasteiger partial charge in [-0.1, -0.05) is 35.4 Å². The largest absolute Gasteiger partial charge is 0.457 e. The van der Waals surface area contributed by atoms with Crippen LogP contribution in [0.5, 0.6) is 5.75 Å². The molecule has 1 fully saturated rings.